The molecule has 2 rings (SSSR count). The Bertz CT molecular complexity index is 866. The minimum absolute atomic E-state index is 0.267. The van der Waals surface area contributed by atoms with Gasteiger partial charge in [0.2, 0.25) is 10.0 Å². The molecule has 2 aromatic rings. The van der Waals surface area contributed by atoms with Gasteiger partial charge in [-0.25, -0.2) is 12.7 Å². The van der Waals surface area contributed by atoms with Crippen LogP contribution in [0, 0.1) is 0 Å². The van der Waals surface area contributed by atoms with Crippen molar-refractivity contribution in [2.24, 2.45) is 0 Å². The Kier molecular flexibility index (Phi) is 7.18. The first-order valence-electron chi connectivity index (χ1n) is 8.55. The number of unbranched alkanes of at least 4 members (excludes halogenated alkanes) is 2. The van der Waals surface area contributed by atoms with E-state index in [0.717, 1.165) is 24.8 Å². The molecule has 2 aromatic carbocycles. The van der Waals surface area contributed by atoms with Crippen molar-refractivity contribution in [3.05, 3.63) is 71.8 Å². The molecule has 0 fully saturated rings. The van der Waals surface area contributed by atoms with Crippen LogP contribution in [0.2, 0.25) is 0 Å². The molecule has 0 aliphatic rings. The van der Waals surface area contributed by atoms with E-state index in [-0.39, 0.29) is 5.75 Å². The van der Waals surface area contributed by atoms with Gasteiger partial charge in [0.05, 0.1) is 4.90 Å². The molecule has 0 saturated carbocycles. The first-order valence-corrected chi connectivity index (χ1v) is 9.99. The molecule has 0 bridgehead atoms. The predicted molar refractivity (Wildman–Crippen MR) is 107 cm³/mol. The first-order chi connectivity index (χ1) is 12.4. The largest absolute Gasteiger partial charge is 0.508 e. The zero-order valence-corrected chi connectivity index (χ0v) is 16.0. The van der Waals surface area contributed by atoms with E-state index in [1.165, 1.54) is 18.4 Å². The summed E-state index contributed by atoms with van der Waals surface area (Å²) in [4.78, 5) is 0.327. The highest BCUT2D eigenvalue weighted by Crippen LogP contribution is 2.20. The molecule has 0 unspecified atom stereocenters. The maximum Gasteiger partial charge on any atom is 0.243 e. The van der Waals surface area contributed by atoms with Crippen molar-refractivity contribution in [1.82, 2.24) is 4.31 Å². The van der Waals surface area contributed by atoms with Crippen molar-refractivity contribution in [2.75, 3.05) is 14.1 Å². The number of phenols is 1. The quantitative estimate of drug-likeness (QED) is 0.693. The molecule has 0 spiro atoms. The van der Waals surface area contributed by atoms with E-state index in [0.29, 0.717) is 10.5 Å². The maximum absolute atomic E-state index is 12.3. The van der Waals surface area contributed by atoms with Crippen LogP contribution in [0.5, 0.6) is 5.75 Å². The number of aromatic hydroxyl groups is 1. The number of nitrogens with zero attached hydrogens (tertiary/aromatic N) is 1. The molecule has 26 heavy (non-hydrogen) atoms. The molecule has 0 atom stereocenters. The summed E-state index contributed by atoms with van der Waals surface area (Å²) in [5.74, 6) is 0.267. The Labute approximate surface area is 156 Å². The third-order valence-electron chi connectivity index (χ3n) is 3.92. The summed E-state index contributed by atoms with van der Waals surface area (Å²) in [5.41, 5.74) is 1.77. The Balaban J connectivity index is 1.89. The van der Waals surface area contributed by atoms with Gasteiger partial charge in [-0.2, -0.15) is 0 Å². The fourth-order valence-corrected chi connectivity index (χ4v) is 3.50. The lowest BCUT2D eigenvalue weighted by molar-refractivity contribution is 0.475. The Hall–Kier alpha value is -2.37. The molecule has 4 nitrogen and oxygen atoms in total. The highest BCUT2D eigenvalue weighted by Gasteiger charge is 2.19. The number of rotatable bonds is 8. The second kappa shape index (κ2) is 9.36. The second-order valence-electron chi connectivity index (χ2n) is 6.15. The number of phenolic OH excluding ortho intramolecular Hbond substituents is 1. The van der Waals surface area contributed by atoms with Gasteiger partial charge in [0.1, 0.15) is 5.75 Å². The van der Waals surface area contributed by atoms with Gasteiger partial charge < -0.3 is 5.11 Å². The Morgan fingerprint density at radius 1 is 0.923 bits per heavy atom. The van der Waals surface area contributed by atoms with Crippen LogP contribution in [0.1, 0.15) is 30.4 Å². The van der Waals surface area contributed by atoms with Crippen LogP contribution in [-0.2, 0) is 10.0 Å². The molecule has 0 heterocycles. The van der Waals surface area contributed by atoms with Crippen LogP contribution in [-0.4, -0.2) is 31.9 Å². The molecule has 1 N–H and O–H groups in total. The number of benzene rings is 2. The molecule has 0 amide bonds. The smallest absolute Gasteiger partial charge is 0.243 e. The summed E-state index contributed by atoms with van der Waals surface area (Å²) < 4.78 is 25.9. The highest BCUT2D eigenvalue weighted by molar-refractivity contribution is 7.89. The zero-order valence-electron chi connectivity index (χ0n) is 15.2. The Morgan fingerprint density at radius 3 is 2.19 bits per heavy atom. The summed E-state index contributed by atoms with van der Waals surface area (Å²) in [6.45, 7) is 0. The standard InChI is InChI=1S/C21H25NO3S/c1-22(2)26(24,25)21-13-9-8-12-19(21)11-7-5-3-4-6-10-18-14-16-20(23)17-15-18/h6-17,23H,3-5H2,1-2H3/b10-6+,11-7+. The minimum Gasteiger partial charge on any atom is -0.508 e. The van der Waals surface area contributed by atoms with Crippen LogP contribution in [0.25, 0.3) is 12.2 Å². The molecule has 0 aliphatic carbocycles. The average Bonchev–Trinajstić information content (AvgIpc) is 2.62. The molecule has 138 valence electrons. The van der Waals surface area contributed by atoms with Crippen LogP contribution in [0.3, 0.4) is 0 Å². The van der Waals surface area contributed by atoms with Gasteiger partial charge in [0.25, 0.3) is 0 Å². The minimum atomic E-state index is -3.44. The summed E-state index contributed by atoms with van der Waals surface area (Å²) in [6, 6.07) is 14.1. The lowest BCUT2D eigenvalue weighted by Gasteiger charge is -2.13. The summed E-state index contributed by atoms with van der Waals surface area (Å²) in [5, 5.41) is 9.25. The van der Waals surface area contributed by atoms with E-state index in [1.807, 2.05) is 42.5 Å². The van der Waals surface area contributed by atoms with Gasteiger partial charge in [-0.15, -0.1) is 0 Å². The summed E-state index contributed by atoms with van der Waals surface area (Å²) in [6.07, 6.45) is 10.8. The lowest BCUT2D eigenvalue weighted by atomic mass is 10.1. The van der Waals surface area contributed by atoms with Crippen LogP contribution < -0.4 is 0 Å². The van der Waals surface area contributed by atoms with Crippen molar-refractivity contribution in [3.63, 3.8) is 0 Å². The number of sulfonamides is 1. The van der Waals surface area contributed by atoms with Crippen molar-refractivity contribution in [3.8, 4) is 5.75 Å². The Morgan fingerprint density at radius 2 is 1.54 bits per heavy atom. The van der Waals surface area contributed by atoms with Gasteiger partial charge in [-0.3, -0.25) is 0 Å². The average molecular weight is 372 g/mol. The van der Waals surface area contributed by atoms with Crippen LogP contribution in [0.4, 0.5) is 0 Å². The third kappa shape index (κ3) is 5.58. The van der Waals surface area contributed by atoms with Crippen LogP contribution >= 0.6 is 0 Å². The molecule has 0 saturated heterocycles. The number of hydrogen-bond acceptors (Lipinski definition) is 3. The van der Waals surface area contributed by atoms with E-state index in [9.17, 15) is 13.5 Å². The SMILES string of the molecule is CN(C)S(=O)(=O)c1ccccc1/C=C/CCC/C=C/c1ccc(O)cc1. The van der Waals surface area contributed by atoms with E-state index >= 15 is 0 Å². The first kappa shape index (κ1) is 19.9. The van der Waals surface area contributed by atoms with Crippen LogP contribution in [0.15, 0.2) is 65.6 Å². The van der Waals surface area contributed by atoms with E-state index in [2.05, 4.69) is 6.08 Å². The van der Waals surface area contributed by atoms with E-state index < -0.39 is 10.0 Å². The lowest BCUT2D eigenvalue weighted by Crippen LogP contribution is -2.22. The van der Waals surface area contributed by atoms with Crippen molar-refractivity contribution in [1.29, 1.82) is 0 Å². The van der Waals surface area contributed by atoms with Crippen molar-refractivity contribution >= 4 is 22.2 Å². The fraction of sp³-hybridized carbons (Fsp3) is 0.238. The van der Waals surface area contributed by atoms with Gasteiger partial charge in [0.15, 0.2) is 0 Å². The van der Waals surface area contributed by atoms with E-state index in [4.69, 9.17) is 0 Å². The highest BCUT2D eigenvalue weighted by atomic mass is 32.2. The fourth-order valence-electron chi connectivity index (χ4n) is 2.42. The van der Waals surface area contributed by atoms with Gasteiger partial charge in [-0.05, 0) is 48.6 Å². The predicted octanol–water partition coefficient (Wildman–Crippen LogP) is 4.54. The van der Waals surface area contributed by atoms with Crippen molar-refractivity contribution < 1.29 is 13.5 Å². The molecule has 5 heteroatoms. The van der Waals surface area contributed by atoms with Crippen molar-refractivity contribution in [2.45, 2.75) is 24.2 Å². The maximum atomic E-state index is 12.3. The monoisotopic (exact) mass is 371 g/mol. The van der Waals surface area contributed by atoms with Gasteiger partial charge in [0, 0.05) is 14.1 Å². The molecule has 0 aromatic heterocycles. The molecule has 0 radical (unpaired) electrons. The topological polar surface area (TPSA) is 57.6 Å². The van der Waals surface area contributed by atoms with Gasteiger partial charge in [-0.1, -0.05) is 54.6 Å². The van der Waals surface area contributed by atoms with E-state index in [1.54, 1.807) is 24.3 Å². The zero-order chi connectivity index (χ0) is 19.0. The summed E-state index contributed by atoms with van der Waals surface area (Å²) >= 11 is 0. The molecular formula is C21H25NO3S. The second-order valence-corrected chi connectivity index (χ2v) is 8.27. The third-order valence-corrected chi connectivity index (χ3v) is 5.81. The number of allylic oxidation sites excluding steroid dienone is 2. The molecular weight excluding hydrogens is 346 g/mol. The normalized spacial score (nSPS) is 12.4. The number of hydrogen-bond donors (Lipinski definition) is 1. The molecule has 0 aliphatic heterocycles. The summed E-state index contributed by atoms with van der Waals surface area (Å²) in [7, 11) is -0.364. The van der Waals surface area contributed by atoms with Gasteiger partial charge >= 0.3 is 0 Å².